The first-order chi connectivity index (χ1) is 27.1. The predicted octanol–water partition coefficient (Wildman–Crippen LogP) is 6.35. The summed E-state index contributed by atoms with van der Waals surface area (Å²) in [5.41, 5.74) is 1.24. The van der Waals surface area contributed by atoms with E-state index >= 15 is 4.79 Å². The minimum Gasteiger partial charge on any atom is -0.482 e. The number of methoxy groups -OCH3 is 1. The number of aliphatic hydroxyl groups is 1. The van der Waals surface area contributed by atoms with Crippen LogP contribution in [0.4, 0.5) is 5.95 Å². The molecule has 0 amide bonds. The summed E-state index contributed by atoms with van der Waals surface area (Å²) >= 11 is 0. The second-order valence-electron chi connectivity index (χ2n) is 17.8. The number of hydrogen-bond acceptors (Lipinski definition) is 12. The Morgan fingerprint density at radius 2 is 1.88 bits per heavy atom. The van der Waals surface area contributed by atoms with Crippen LogP contribution in [0.5, 0.6) is 17.2 Å². The molecule has 4 aliphatic heterocycles. The quantitative estimate of drug-likeness (QED) is 0.0682. The highest BCUT2D eigenvalue weighted by Crippen LogP contribution is 2.75. The molecular weight excluding hydrogens is 727 g/mol. The summed E-state index contributed by atoms with van der Waals surface area (Å²) in [5.74, 6) is 0.911. The number of anilines is 1. The molecule has 57 heavy (non-hydrogen) atoms. The van der Waals surface area contributed by atoms with Gasteiger partial charge in [-0.1, -0.05) is 29.4 Å². The number of Topliss-reactive ketones (excluding diaryl/α,β-unsaturated/α-hetero) is 1. The van der Waals surface area contributed by atoms with Gasteiger partial charge < -0.3 is 34.1 Å². The van der Waals surface area contributed by atoms with E-state index in [0.29, 0.717) is 48.2 Å². The molecule has 3 aliphatic carbocycles. The second kappa shape index (κ2) is 14.1. The number of rotatable bonds is 13. The summed E-state index contributed by atoms with van der Waals surface area (Å²) in [4.78, 5) is 32.8. The molecule has 2 aromatic rings. The summed E-state index contributed by atoms with van der Waals surface area (Å²) < 4.78 is 35.9. The standard InChI is InChI=1S/C44H57N5O8/c1-24(2)11-10-16-42(8)17-15-28-35(55-42)27(13-12-25(3)4)37-31(36(28)54-23-45-19-20-50)33-32-34(49-40(48-33)46-22-47-49)29-21-30-41(6,7)57-43(38(29)51,44(30,32)56-37)18-14-26(5)39(52)53-9/h11-12,14-15,17,22,29-30,32-34,45,50H,10,13,16,18-21,23H2,1-9H3,(H,46,47,48)/b26-14-. The molecule has 13 heteroatoms. The molecule has 9 rings (SSSR count). The molecule has 8 unspecified atom stereocenters. The Balaban J connectivity index is 1.41. The number of esters is 1. The van der Waals surface area contributed by atoms with E-state index < -0.39 is 40.3 Å². The summed E-state index contributed by atoms with van der Waals surface area (Å²) in [6.45, 7) is 16.7. The molecule has 1 aromatic heterocycles. The molecular formula is C44H57N5O8. The number of nitrogens with one attached hydrogen (secondary N) is 2. The predicted molar refractivity (Wildman–Crippen MR) is 214 cm³/mol. The third-order valence-corrected chi connectivity index (χ3v) is 13.2. The SMILES string of the molecule is COC(=O)/C(C)=C\CC12OC(C)(C)C3CC(C1=O)C1C4C(Nc5ncnn51)c1c(OCNCCO)c5c(c(CC=C(C)C)c1OC432)OC(C)(CCC=C(C)C)C=C5. The van der Waals surface area contributed by atoms with Gasteiger partial charge in [-0.2, -0.15) is 10.1 Å². The van der Waals surface area contributed by atoms with Crippen LogP contribution in [-0.4, -0.2) is 81.0 Å². The average molecular weight is 784 g/mol. The minimum absolute atomic E-state index is 0.0396. The number of ketones is 1. The Morgan fingerprint density at radius 1 is 1.11 bits per heavy atom. The number of nitrogens with zero attached hydrogens (tertiary/aromatic N) is 3. The molecule has 1 spiro atoms. The van der Waals surface area contributed by atoms with Crippen molar-refractivity contribution in [1.82, 2.24) is 20.1 Å². The van der Waals surface area contributed by atoms with Crippen LogP contribution in [0.25, 0.3) is 6.08 Å². The molecule has 4 fully saturated rings. The van der Waals surface area contributed by atoms with Crippen LogP contribution in [0.15, 0.2) is 47.4 Å². The molecule has 7 aliphatic rings. The second-order valence-corrected chi connectivity index (χ2v) is 17.8. The van der Waals surface area contributed by atoms with E-state index in [1.807, 2.05) is 4.68 Å². The molecule has 0 radical (unpaired) electrons. The molecule has 306 valence electrons. The zero-order chi connectivity index (χ0) is 40.7. The summed E-state index contributed by atoms with van der Waals surface area (Å²) in [7, 11) is 1.35. The Hall–Kier alpha value is -4.46. The van der Waals surface area contributed by atoms with Gasteiger partial charge in [0.25, 0.3) is 0 Å². The number of aromatic nitrogens is 3. The van der Waals surface area contributed by atoms with Crippen LogP contribution in [0.2, 0.25) is 0 Å². The third kappa shape index (κ3) is 5.89. The third-order valence-electron chi connectivity index (χ3n) is 13.2. The maximum absolute atomic E-state index is 15.4. The van der Waals surface area contributed by atoms with Gasteiger partial charge in [0.05, 0.1) is 48.4 Å². The molecule has 13 nitrogen and oxygen atoms in total. The average Bonchev–Trinajstić information content (AvgIpc) is 3.69. The van der Waals surface area contributed by atoms with Crippen LogP contribution >= 0.6 is 0 Å². The number of carbonyl (C=O) groups excluding carboxylic acids is 2. The van der Waals surface area contributed by atoms with E-state index in [0.717, 1.165) is 35.1 Å². The van der Waals surface area contributed by atoms with Crippen molar-refractivity contribution in [2.75, 3.05) is 32.3 Å². The van der Waals surface area contributed by atoms with Crippen molar-refractivity contribution < 1.29 is 38.4 Å². The summed E-state index contributed by atoms with van der Waals surface area (Å²) in [5, 5.41) is 21.3. The lowest BCUT2D eigenvalue weighted by molar-refractivity contribution is -0.224. The van der Waals surface area contributed by atoms with Gasteiger partial charge in [-0.3, -0.25) is 10.1 Å². The van der Waals surface area contributed by atoms with Crippen molar-refractivity contribution in [2.45, 2.75) is 122 Å². The molecule has 4 bridgehead atoms. The monoisotopic (exact) mass is 783 g/mol. The van der Waals surface area contributed by atoms with Gasteiger partial charge >= 0.3 is 5.97 Å². The first-order valence-electron chi connectivity index (χ1n) is 20.3. The van der Waals surface area contributed by atoms with Crippen LogP contribution in [0.3, 0.4) is 0 Å². The number of allylic oxidation sites excluding steroid dienone is 4. The van der Waals surface area contributed by atoms with Crippen molar-refractivity contribution in [3.05, 3.63) is 64.0 Å². The van der Waals surface area contributed by atoms with E-state index in [2.05, 4.69) is 88.4 Å². The van der Waals surface area contributed by atoms with E-state index in [9.17, 15) is 9.90 Å². The first kappa shape index (κ1) is 39.4. The Labute approximate surface area is 334 Å². The molecule has 3 saturated carbocycles. The maximum Gasteiger partial charge on any atom is 0.333 e. The highest BCUT2D eigenvalue weighted by atomic mass is 16.6. The lowest BCUT2D eigenvalue weighted by Gasteiger charge is -2.66. The van der Waals surface area contributed by atoms with Gasteiger partial charge in [-0.15, -0.1) is 0 Å². The van der Waals surface area contributed by atoms with Crippen LogP contribution < -0.4 is 24.8 Å². The van der Waals surface area contributed by atoms with E-state index in [1.54, 1.807) is 13.0 Å². The number of fused-ring (bicyclic) bond motifs is 4. The first-order valence-corrected chi connectivity index (χ1v) is 20.3. The smallest absolute Gasteiger partial charge is 0.333 e. The fourth-order valence-electron chi connectivity index (χ4n) is 10.8. The fraction of sp³-hybridized carbons (Fsp3) is 0.591. The minimum atomic E-state index is -1.44. The van der Waals surface area contributed by atoms with Gasteiger partial charge in [0, 0.05) is 35.9 Å². The molecule has 8 atom stereocenters. The van der Waals surface area contributed by atoms with Crippen molar-refractivity contribution in [2.24, 2.45) is 17.8 Å². The van der Waals surface area contributed by atoms with Gasteiger partial charge in [-0.25, -0.2) is 9.48 Å². The highest BCUT2D eigenvalue weighted by Gasteiger charge is 2.86. The Bertz CT molecular complexity index is 2110. The molecule has 1 saturated heterocycles. The topological polar surface area (TPSA) is 155 Å². The number of ether oxygens (including phenoxy) is 5. The molecule has 3 N–H and O–H groups in total. The number of aliphatic hydroxyl groups excluding tert-OH is 1. The van der Waals surface area contributed by atoms with Crippen molar-refractivity contribution in [3.63, 3.8) is 0 Å². The van der Waals surface area contributed by atoms with Crippen LogP contribution in [0, 0.1) is 17.8 Å². The van der Waals surface area contributed by atoms with Gasteiger partial charge in [0.2, 0.25) is 5.95 Å². The number of benzene rings is 1. The Kier molecular flexibility index (Phi) is 9.76. The molecule has 1 aromatic carbocycles. The lowest BCUT2D eigenvalue weighted by atomic mass is 9.44. The summed E-state index contributed by atoms with van der Waals surface area (Å²) in [6.07, 6.45) is 14.7. The highest BCUT2D eigenvalue weighted by molar-refractivity contribution is 5.96. The van der Waals surface area contributed by atoms with E-state index in [-0.39, 0.29) is 43.4 Å². The zero-order valence-corrected chi connectivity index (χ0v) is 34.7. The van der Waals surface area contributed by atoms with Crippen LogP contribution in [0.1, 0.15) is 110 Å². The summed E-state index contributed by atoms with van der Waals surface area (Å²) in [6, 6.07) is -0.830. The maximum atomic E-state index is 15.4. The van der Waals surface area contributed by atoms with Crippen molar-refractivity contribution in [1.29, 1.82) is 0 Å². The van der Waals surface area contributed by atoms with Crippen molar-refractivity contribution in [3.8, 4) is 17.2 Å². The lowest BCUT2D eigenvalue weighted by Crippen LogP contribution is -2.79. The van der Waals surface area contributed by atoms with Crippen molar-refractivity contribution >= 4 is 23.8 Å². The van der Waals surface area contributed by atoms with Gasteiger partial charge in [0.1, 0.15) is 35.9 Å². The van der Waals surface area contributed by atoms with E-state index in [4.69, 9.17) is 28.8 Å². The Morgan fingerprint density at radius 3 is 2.60 bits per heavy atom. The normalized spacial score (nSPS) is 31.8. The largest absolute Gasteiger partial charge is 0.482 e. The number of carbonyl (C=O) groups is 2. The van der Waals surface area contributed by atoms with E-state index in [1.165, 1.54) is 19.0 Å². The zero-order valence-electron chi connectivity index (χ0n) is 34.7. The molecule has 5 heterocycles. The fourth-order valence-corrected chi connectivity index (χ4v) is 10.8. The van der Waals surface area contributed by atoms with Gasteiger partial charge in [-0.05, 0) is 93.2 Å². The van der Waals surface area contributed by atoms with Gasteiger partial charge in [0.15, 0.2) is 17.0 Å². The number of hydrogen-bond donors (Lipinski definition) is 3. The van der Waals surface area contributed by atoms with Crippen LogP contribution in [-0.2, 0) is 25.5 Å².